The highest BCUT2D eigenvalue weighted by Crippen LogP contribution is 2.36. The average Bonchev–Trinajstić information content (AvgIpc) is 2.61. The van der Waals surface area contributed by atoms with Gasteiger partial charge in [-0.25, -0.2) is 0 Å². The smallest absolute Gasteiger partial charge is 0.246 e. The summed E-state index contributed by atoms with van der Waals surface area (Å²) in [4.78, 5) is 14.2. The van der Waals surface area contributed by atoms with Crippen LogP contribution in [0.4, 0.5) is 0 Å². The molecule has 0 bridgehead atoms. The monoisotopic (exact) mass is 419 g/mol. The Kier molecular flexibility index (Phi) is 5.94. The molecule has 2 aromatic rings. The predicted octanol–water partition coefficient (Wildman–Crippen LogP) is 4.77. The molecule has 0 aromatic heterocycles. The number of hydrogen-bond donors (Lipinski definition) is 1. The topological polar surface area (TPSA) is 40.5 Å². The second-order valence-electron chi connectivity index (χ2n) is 6.07. The van der Waals surface area contributed by atoms with Crippen molar-refractivity contribution in [2.75, 3.05) is 13.1 Å². The number of amides is 1. The van der Waals surface area contributed by atoms with Crippen molar-refractivity contribution in [1.29, 1.82) is 0 Å². The van der Waals surface area contributed by atoms with E-state index >= 15 is 0 Å². The number of carbonyl (C=O) groups is 1. The summed E-state index contributed by atoms with van der Waals surface area (Å²) in [5.74, 6) is -0.0371. The van der Waals surface area contributed by atoms with Gasteiger partial charge in [0.1, 0.15) is 0 Å². The summed E-state index contributed by atoms with van der Waals surface area (Å²) in [5.41, 5.74) is 2.78. The molecule has 3 nitrogen and oxygen atoms in total. The highest BCUT2D eigenvalue weighted by atomic mass is 79.9. The molecule has 0 saturated carbocycles. The molecule has 130 valence electrons. The van der Waals surface area contributed by atoms with Crippen LogP contribution < -0.4 is 0 Å². The Bertz CT molecular complexity index is 798. The summed E-state index contributed by atoms with van der Waals surface area (Å²) in [6.07, 6.45) is 4.39. The molecule has 1 amide bonds. The first-order valence-electron chi connectivity index (χ1n) is 8.24. The minimum atomic E-state index is -0.289. The van der Waals surface area contributed by atoms with E-state index in [0.717, 1.165) is 21.2 Å². The molecule has 2 aromatic carbocycles. The first-order chi connectivity index (χ1) is 12.1. The quantitative estimate of drug-likeness (QED) is 0.727. The number of benzene rings is 2. The van der Waals surface area contributed by atoms with Gasteiger partial charge in [-0.3, -0.25) is 4.79 Å². The van der Waals surface area contributed by atoms with Crippen LogP contribution in [0.15, 0.2) is 53.0 Å². The normalized spacial score (nSPS) is 15.7. The highest BCUT2D eigenvalue weighted by molar-refractivity contribution is 9.10. The lowest BCUT2D eigenvalue weighted by atomic mass is 9.99. The van der Waals surface area contributed by atoms with E-state index in [1.807, 2.05) is 48.5 Å². The van der Waals surface area contributed by atoms with Gasteiger partial charge in [-0.15, -0.1) is 0 Å². The second-order valence-corrected chi connectivity index (χ2v) is 7.34. The van der Waals surface area contributed by atoms with Gasteiger partial charge >= 0.3 is 0 Å². The molecular formula is C20H19BrClNO2. The van der Waals surface area contributed by atoms with Gasteiger partial charge in [-0.2, -0.15) is 0 Å². The molecular weight excluding hydrogens is 402 g/mol. The number of carbonyl (C=O) groups excluding carboxylic acids is 1. The SMILES string of the molecule is O=C(/C=C/c1cccc(Cl)c1-c1ccccc1Br)N1CCC(O)CC1. The maximum absolute atomic E-state index is 12.4. The number of piperidine rings is 1. The minimum Gasteiger partial charge on any atom is -0.393 e. The molecule has 0 atom stereocenters. The summed E-state index contributed by atoms with van der Waals surface area (Å²) >= 11 is 10.0. The summed E-state index contributed by atoms with van der Waals surface area (Å²) < 4.78 is 0.953. The van der Waals surface area contributed by atoms with E-state index in [-0.39, 0.29) is 12.0 Å². The predicted molar refractivity (Wildman–Crippen MR) is 105 cm³/mol. The van der Waals surface area contributed by atoms with Crippen LogP contribution in [0.3, 0.4) is 0 Å². The fourth-order valence-electron chi connectivity index (χ4n) is 2.98. The Morgan fingerprint density at radius 1 is 1.16 bits per heavy atom. The molecule has 1 N–H and O–H groups in total. The zero-order valence-corrected chi connectivity index (χ0v) is 16.0. The second kappa shape index (κ2) is 8.17. The van der Waals surface area contributed by atoms with E-state index in [9.17, 15) is 9.90 Å². The van der Waals surface area contributed by atoms with Gasteiger partial charge in [0.15, 0.2) is 0 Å². The summed E-state index contributed by atoms with van der Waals surface area (Å²) in [5, 5.41) is 10.2. The number of aliphatic hydroxyl groups excluding tert-OH is 1. The van der Waals surface area contributed by atoms with E-state index in [4.69, 9.17) is 11.6 Å². The fraction of sp³-hybridized carbons (Fsp3) is 0.250. The molecule has 5 heteroatoms. The molecule has 1 saturated heterocycles. The van der Waals surface area contributed by atoms with Crippen molar-refractivity contribution in [3.8, 4) is 11.1 Å². The molecule has 0 unspecified atom stereocenters. The van der Waals surface area contributed by atoms with E-state index in [0.29, 0.717) is 31.0 Å². The van der Waals surface area contributed by atoms with Crippen LogP contribution in [0, 0.1) is 0 Å². The standard InChI is InChI=1S/C20H19BrClNO2/c21-17-6-2-1-5-16(17)20-14(4-3-7-18(20)22)8-9-19(25)23-12-10-15(24)11-13-23/h1-9,15,24H,10-13H2/b9-8+. The number of halogens is 2. The van der Waals surface area contributed by atoms with Gasteiger partial charge in [-0.05, 0) is 42.2 Å². The Morgan fingerprint density at radius 3 is 2.60 bits per heavy atom. The zero-order chi connectivity index (χ0) is 17.8. The number of rotatable bonds is 3. The van der Waals surface area contributed by atoms with Crippen molar-refractivity contribution >= 4 is 39.5 Å². The molecule has 25 heavy (non-hydrogen) atoms. The molecule has 1 heterocycles. The third-order valence-electron chi connectivity index (χ3n) is 4.37. The third-order valence-corrected chi connectivity index (χ3v) is 5.38. The largest absolute Gasteiger partial charge is 0.393 e. The van der Waals surface area contributed by atoms with Gasteiger partial charge in [0.25, 0.3) is 0 Å². The summed E-state index contributed by atoms with van der Waals surface area (Å²) in [6.45, 7) is 1.19. The lowest BCUT2D eigenvalue weighted by molar-refractivity contribution is -0.127. The first-order valence-corrected chi connectivity index (χ1v) is 9.42. The maximum Gasteiger partial charge on any atom is 0.246 e. The van der Waals surface area contributed by atoms with Gasteiger partial charge < -0.3 is 10.0 Å². The number of nitrogens with zero attached hydrogens (tertiary/aromatic N) is 1. The molecule has 0 aliphatic carbocycles. The van der Waals surface area contributed by atoms with Crippen LogP contribution in [0.2, 0.25) is 5.02 Å². The van der Waals surface area contributed by atoms with Crippen LogP contribution in [0.25, 0.3) is 17.2 Å². The molecule has 0 spiro atoms. The van der Waals surface area contributed by atoms with E-state index in [1.165, 1.54) is 0 Å². The van der Waals surface area contributed by atoms with Crippen LogP contribution in [-0.2, 0) is 4.79 Å². The van der Waals surface area contributed by atoms with Gasteiger partial charge in [0, 0.05) is 34.2 Å². The van der Waals surface area contributed by atoms with Gasteiger partial charge in [0.05, 0.1) is 6.10 Å². The van der Waals surface area contributed by atoms with Crippen LogP contribution in [0.5, 0.6) is 0 Å². The molecule has 1 aliphatic rings. The Hall–Kier alpha value is -1.62. The van der Waals surface area contributed by atoms with E-state index < -0.39 is 0 Å². The maximum atomic E-state index is 12.4. The molecule has 1 fully saturated rings. The Morgan fingerprint density at radius 2 is 1.88 bits per heavy atom. The van der Waals surface area contributed by atoms with Crippen molar-refractivity contribution in [2.45, 2.75) is 18.9 Å². The van der Waals surface area contributed by atoms with Gasteiger partial charge in [-0.1, -0.05) is 57.9 Å². The molecule has 3 rings (SSSR count). The molecule has 0 radical (unpaired) electrons. The lowest BCUT2D eigenvalue weighted by Crippen LogP contribution is -2.39. The highest BCUT2D eigenvalue weighted by Gasteiger charge is 2.19. The molecule has 1 aliphatic heterocycles. The fourth-order valence-corrected chi connectivity index (χ4v) is 3.75. The number of aliphatic hydroxyl groups is 1. The van der Waals surface area contributed by atoms with Crippen LogP contribution in [0.1, 0.15) is 18.4 Å². The summed E-state index contributed by atoms with van der Waals surface area (Å²) in [7, 11) is 0. The van der Waals surface area contributed by atoms with E-state index in [2.05, 4.69) is 15.9 Å². The van der Waals surface area contributed by atoms with Crippen LogP contribution >= 0.6 is 27.5 Å². The van der Waals surface area contributed by atoms with Gasteiger partial charge in [0.2, 0.25) is 5.91 Å². The van der Waals surface area contributed by atoms with Crippen molar-refractivity contribution in [3.05, 3.63) is 63.6 Å². The van der Waals surface area contributed by atoms with Crippen molar-refractivity contribution < 1.29 is 9.90 Å². The third kappa shape index (κ3) is 4.32. The number of likely N-dealkylation sites (tertiary alicyclic amines) is 1. The van der Waals surface area contributed by atoms with Crippen LogP contribution in [-0.4, -0.2) is 35.1 Å². The lowest BCUT2D eigenvalue weighted by Gasteiger charge is -2.28. The average molecular weight is 421 g/mol. The minimum absolute atomic E-state index is 0.0371. The summed E-state index contributed by atoms with van der Waals surface area (Å²) in [6, 6.07) is 13.6. The Balaban J connectivity index is 1.87. The first kappa shape index (κ1) is 18.2. The zero-order valence-electron chi connectivity index (χ0n) is 13.7. The van der Waals surface area contributed by atoms with Crippen molar-refractivity contribution in [2.24, 2.45) is 0 Å². The van der Waals surface area contributed by atoms with E-state index in [1.54, 1.807) is 11.0 Å². The van der Waals surface area contributed by atoms with Crippen molar-refractivity contribution in [1.82, 2.24) is 4.90 Å². The van der Waals surface area contributed by atoms with Crippen molar-refractivity contribution in [3.63, 3.8) is 0 Å². The number of hydrogen-bond acceptors (Lipinski definition) is 2. The Labute approximate surface area is 161 Å².